The molecule has 0 saturated heterocycles. The van der Waals surface area contributed by atoms with Gasteiger partial charge in [-0.05, 0) is 38.1 Å². The number of aromatic carboxylic acids is 1. The fraction of sp³-hybridized carbons (Fsp3) is 0.214. The van der Waals surface area contributed by atoms with E-state index in [4.69, 9.17) is 9.52 Å². The van der Waals surface area contributed by atoms with E-state index in [0.717, 1.165) is 0 Å². The quantitative estimate of drug-likeness (QED) is 0.891. The zero-order valence-electron chi connectivity index (χ0n) is 11.1. The van der Waals surface area contributed by atoms with Crippen LogP contribution in [0, 0.1) is 6.92 Å². The maximum absolute atomic E-state index is 12.0. The van der Waals surface area contributed by atoms with Gasteiger partial charge in [0.2, 0.25) is 5.89 Å². The third-order valence-corrected chi connectivity index (χ3v) is 2.75. The Hall–Kier alpha value is -2.63. The van der Waals surface area contributed by atoms with Crippen LogP contribution in [-0.4, -0.2) is 22.0 Å². The molecule has 1 amide bonds. The van der Waals surface area contributed by atoms with Gasteiger partial charge in [0.15, 0.2) is 0 Å². The molecule has 2 rings (SSSR count). The number of rotatable bonds is 4. The highest BCUT2D eigenvalue weighted by Gasteiger charge is 2.15. The van der Waals surface area contributed by atoms with Gasteiger partial charge in [-0.1, -0.05) is 0 Å². The van der Waals surface area contributed by atoms with Crippen LogP contribution in [0.5, 0.6) is 0 Å². The molecule has 1 unspecified atom stereocenters. The molecule has 0 radical (unpaired) electrons. The van der Waals surface area contributed by atoms with Gasteiger partial charge in [-0.25, -0.2) is 9.78 Å². The highest BCUT2D eigenvalue weighted by molar-refractivity contribution is 5.96. The van der Waals surface area contributed by atoms with E-state index in [0.29, 0.717) is 17.2 Å². The lowest BCUT2D eigenvalue weighted by Gasteiger charge is -2.10. The minimum absolute atomic E-state index is 0.137. The summed E-state index contributed by atoms with van der Waals surface area (Å²) >= 11 is 0. The number of carbonyl (C=O) groups is 2. The first-order valence-electron chi connectivity index (χ1n) is 6.04. The maximum Gasteiger partial charge on any atom is 0.335 e. The van der Waals surface area contributed by atoms with Crippen molar-refractivity contribution in [2.45, 2.75) is 19.9 Å². The number of aromatic nitrogens is 1. The van der Waals surface area contributed by atoms with Gasteiger partial charge >= 0.3 is 5.97 Å². The van der Waals surface area contributed by atoms with Gasteiger partial charge in [0, 0.05) is 5.56 Å². The molecular weight excluding hydrogens is 260 g/mol. The molecule has 104 valence electrons. The molecule has 20 heavy (non-hydrogen) atoms. The zero-order chi connectivity index (χ0) is 14.7. The van der Waals surface area contributed by atoms with Gasteiger partial charge in [0.05, 0.1) is 11.8 Å². The number of hydrogen-bond acceptors (Lipinski definition) is 4. The molecule has 0 fully saturated rings. The number of benzene rings is 1. The van der Waals surface area contributed by atoms with Crippen molar-refractivity contribution < 1.29 is 19.1 Å². The number of carboxylic acid groups (broad SMARTS) is 1. The molecule has 2 aromatic rings. The maximum atomic E-state index is 12.0. The van der Waals surface area contributed by atoms with Crippen LogP contribution in [0.15, 0.2) is 34.9 Å². The molecule has 1 aromatic heterocycles. The minimum atomic E-state index is -1.03. The summed E-state index contributed by atoms with van der Waals surface area (Å²) in [6.45, 7) is 3.53. The lowest BCUT2D eigenvalue weighted by molar-refractivity contribution is 0.0696. The zero-order valence-corrected chi connectivity index (χ0v) is 11.1. The van der Waals surface area contributed by atoms with E-state index in [9.17, 15) is 9.59 Å². The van der Waals surface area contributed by atoms with Crippen LogP contribution >= 0.6 is 0 Å². The molecule has 0 aliphatic heterocycles. The van der Waals surface area contributed by atoms with Crippen LogP contribution in [0.3, 0.4) is 0 Å². The van der Waals surface area contributed by atoms with Crippen molar-refractivity contribution in [2.24, 2.45) is 0 Å². The van der Waals surface area contributed by atoms with E-state index in [1.807, 2.05) is 0 Å². The molecule has 0 spiro atoms. The van der Waals surface area contributed by atoms with E-state index in [2.05, 4.69) is 10.3 Å². The number of nitrogens with zero attached hydrogens (tertiary/aromatic N) is 1. The average molecular weight is 274 g/mol. The van der Waals surface area contributed by atoms with Gasteiger partial charge < -0.3 is 14.8 Å². The smallest absolute Gasteiger partial charge is 0.335 e. The fourth-order valence-corrected chi connectivity index (χ4v) is 1.68. The van der Waals surface area contributed by atoms with Crippen molar-refractivity contribution in [1.82, 2.24) is 10.3 Å². The topological polar surface area (TPSA) is 92.4 Å². The summed E-state index contributed by atoms with van der Waals surface area (Å²) in [6.07, 6.45) is 1.58. The second kappa shape index (κ2) is 5.56. The van der Waals surface area contributed by atoms with Gasteiger partial charge in [-0.3, -0.25) is 4.79 Å². The molecule has 6 heteroatoms. The normalized spacial score (nSPS) is 11.9. The molecule has 1 heterocycles. The Labute approximate surface area is 115 Å². The fourth-order valence-electron chi connectivity index (χ4n) is 1.68. The van der Waals surface area contributed by atoms with Crippen molar-refractivity contribution in [3.8, 4) is 0 Å². The molecule has 1 atom stereocenters. The van der Waals surface area contributed by atoms with Gasteiger partial charge in [0.25, 0.3) is 5.91 Å². The SMILES string of the molecule is Cc1cnc(C(C)NC(=O)c2ccc(C(=O)O)cc2)o1. The number of oxazole rings is 1. The highest BCUT2D eigenvalue weighted by Crippen LogP contribution is 2.13. The summed E-state index contributed by atoms with van der Waals surface area (Å²) in [5.74, 6) is -0.240. The van der Waals surface area contributed by atoms with E-state index in [1.54, 1.807) is 20.0 Å². The first kappa shape index (κ1) is 13.8. The largest absolute Gasteiger partial charge is 0.478 e. The lowest BCUT2D eigenvalue weighted by Crippen LogP contribution is -2.26. The number of aryl methyl sites for hydroxylation is 1. The molecule has 6 nitrogen and oxygen atoms in total. The van der Waals surface area contributed by atoms with Crippen molar-refractivity contribution in [1.29, 1.82) is 0 Å². The van der Waals surface area contributed by atoms with Crippen molar-refractivity contribution >= 4 is 11.9 Å². The van der Waals surface area contributed by atoms with Gasteiger partial charge in [-0.15, -0.1) is 0 Å². The predicted molar refractivity (Wildman–Crippen MR) is 70.5 cm³/mol. The second-order valence-electron chi connectivity index (χ2n) is 4.39. The Morgan fingerprint density at radius 2 is 1.85 bits per heavy atom. The van der Waals surface area contributed by atoms with E-state index in [1.165, 1.54) is 24.3 Å². The first-order chi connectivity index (χ1) is 9.47. The number of hydrogen-bond donors (Lipinski definition) is 2. The summed E-state index contributed by atoms with van der Waals surface area (Å²) < 4.78 is 5.33. The number of carboxylic acids is 1. The molecule has 0 aliphatic carbocycles. The number of nitrogens with one attached hydrogen (secondary N) is 1. The van der Waals surface area contributed by atoms with Crippen molar-refractivity contribution in [2.75, 3.05) is 0 Å². The monoisotopic (exact) mass is 274 g/mol. The molecule has 0 aliphatic rings. The molecule has 1 aromatic carbocycles. The standard InChI is InChI=1S/C14H14N2O4/c1-8-7-15-13(20-8)9(2)16-12(17)10-3-5-11(6-4-10)14(18)19/h3-7,9H,1-2H3,(H,16,17)(H,18,19). The van der Waals surface area contributed by atoms with Gasteiger partial charge in [-0.2, -0.15) is 0 Å². The summed E-state index contributed by atoms with van der Waals surface area (Å²) in [4.78, 5) is 26.8. The molecule has 0 bridgehead atoms. The molecular formula is C14H14N2O4. The Bertz CT molecular complexity index is 631. The minimum Gasteiger partial charge on any atom is -0.478 e. The average Bonchev–Trinajstić information content (AvgIpc) is 2.85. The highest BCUT2D eigenvalue weighted by atomic mass is 16.4. The Kier molecular flexibility index (Phi) is 3.84. The molecule has 0 saturated carbocycles. The third kappa shape index (κ3) is 3.03. The van der Waals surface area contributed by atoms with Crippen LogP contribution in [-0.2, 0) is 0 Å². The summed E-state index contributed by atoms with van der Waals surface area (Å²) in [6, 6.07) is 5.34. The molecule has 2 N–H and O–H groups in total. The van der Waals surface area contributed by atoms with Gasteiger partial charge in [0.1, 0.15) is 11.8 Å². The third-order valence-electron chi connectivity index (χ3n) is 2.75. The van der Waals surface area contributed by atoms with E-state index >= 15 is 0 Å². The van der Waals surface area contributed by atoms with Crippen LogP contribution in [0.25, 0.3) is 0 Å². The second-order valence-corrected chi connectivity index (χ2v) is 4.39. The van der Waals surface area contributed by atoms with E-state index < -0.39 is 5.97 Å². The van der Waals surface area contributed by atoms with E-state index in [-0.39, 0.29) is 17.5 Å². The van der Waals surface area contributed by atoms with Crippen molar-refractivity contribution in [3.63, 3.8) is 0 Å². The number of amides is 1. The number of carbonyl (C=O) groups excluding carboxylic acids is 1. The lowest BCUT2D eigenvalue weighted by atomic mass is 10.1. The summed E-state index contributed by atoms with van der Waals surface area (Å²) in [5, 5.41) is 11.5. The first-order valence-corrected chi connectivity index (χ1v) is 6.04. The van der Waals surface area contributed by atoms with Crippen LogP contribution < -0.4 is 5.32 Å². The Morgan fingerprint density at radius 3 is 2.35 bits per heavy atom. The van der Waals surface area contributed by atoms with Crippen LogP contribution in [0.4, 0.5) is 0 Å². The van der Waals surface area contributed by atoms with Crippen molar-refractivity contribution in [3.05, 3.63) is 53.2 Å². The summed E-state index contributed by atoms with van der Waals surface area (Å²) in [5.41, 5.74) is 0.517. The summed E-state index contributed by atoms with van der Waals surface area (Å²) in [7, 11) is 0. The van der Waals surface area contributed by atoms with Crippen LogP contribution in [0.2, 0.25) is 0 Å². The predicted octanol–water partition coefficient (Wildman–Crippen LogP) is 2.17. The Morgan fingerprint density at radius 1 is 1.25 bits per heavy atom. The van der Waals surface area contributed by atoms with Crippen LogP contribution in [0.1, 0.15) is 45.3 Å². The Balaban J connectivity index is 2.06.